The second kappa shape index (κ2) is 13.1. The van der Waals surface area contributed by atoms with Crippen LogP contribution in [-0.4, -0.2) is 84.3 Å². The number of rotatable bonds is 12. The Kier molecular flexibility index (Phi) is 13.6. The molecule has 4 nitrogen and oxygen atoms in total. The quantitative estimate of drug-likeness (QED) is 0.390. The molecule has 0 fully saturated rings. The van der Waals surface area contributed by atoms with Crippen LogP contribution >= 0.6 is 0 Å². The first-order chi connectivity index (χ1) is 8.28. The fraction of sp³-hybridized carbons (Fsp3) is 1.00. The van der Waals surface area contributed by atoms with Gasteiger partial charge in [-0.15, -0.1) is 0 Å². The molecule has 0 rings (SSSR count). The fourth-order valence-corrected chi connectivity index (χ4v) is 2.79. The van der Waals surface area contributed by atoms with Crippen molar-refractivity contribution in [2.24, 2.45) is 0 Å². The van der Waals surface area contributed by atoms with Crippen LogP contribution in [0.3, 0.4) is 0 Å². The van der Waals surface area contributed by atoms with Crippen molar-refractivity contribution in [2.45, 2.75) is 27.7 Å². The molecule has 0 aliphatic heterocycles. The number of hydrogen-bond donors (Lipinski definition) is 0. The van der Waals surface area contributed by atoms with Gasteiger partial charge < -0.3 is 0 Å². The van der Waals surface area contributed by atoms with Crippen LogP contribution in [0.4, 0.5) is 0 Å². The van der Waals surface area contributed by atoms with Crippen LogP contribution in [0.1, 0.15) is 27.7 Å². The van der Waals surface area contributed by atoms with Crippen molar-refractivity contribution < 1.29 is 6.15 Å². The second-order valence-electron chi connectivity index (χ2n) is 3.83. The van der Waals surface area contributed by atoms with Gasteiger partial charge in [-0.3, -0.25) is 0 Å². The average Bonchev–Trinajstić information content (AvgIpc) is 2.37. The first-order valence-corrected chi connectivity index (χ1v) is 9.04. The van der Waals surface area contributed by atoms with Crippen LogP contribution in [0.5, 0.6) is 0 Å². The van der Waals surface area contributed by atoms with Gasteiger partial charge in [0.2, 0.25) is 0 Å². The fourth-order valence-electron chi connectivity index (χ4n) is 1.55. The maximum absolute atomic E-state index is 5.60. The topological polar surface area (TPSA) is 24.9 Å². The Morgan fingerprint density at radius 3 is 1.35 bits per heavy atom. The van der Waals surface area contributed by atoms with E-state index in [2.05, 4.69) is 37.5 Å². The minimum atomic E-state index is -1.02. The van der Waals surface area contributed by atoms with Crippen molar-refractivity contribution in [3.05, 3.63) is 0 Å². The summed E-state index contributed by atoms with van der Waals surface area (Å²) in [6.07, 6.45) is 0. The summed E-state index contributed by atoms with van der Waals surface area (Å²) in [5, 5.41) is 0. The summed E-state index contributed by atoms with van der Waals surface area (Å²) in [6.45, 7) is 16.9. The summed E-state index contributed by atoms with van der Waals surface area (Å²) in [5.41, 5.74) is 0. The molecule has 0 aliphatic rings. The third-order valence-corrected chi connectivity index (χ3v) is 4.76. The van der Waals surface area contributed by atoms with Gasteiger partial charge in [-0.1, -0.05) is 0 Å². The molecule has 0 aliphatic carbocycles. The molecule has 0 amide bonds. The normalized spacial score (nSPS) is 11.6. The minimum absolute atomic E-state index is 0.832. The van der Waals surface area contributed by atoms with E-state index in [1.807, 2.05) is 0 Å². The van der Waals surface area contributed by atoms with Gasteiger partial charge >= 0.3 is 118 Å². The molecule has 2 radical (unpaired) electrons. The van der Waals surface area contributed by atoms with Gasteiger partial charge in [-0.25, -0.2) is 0 Å². The van der Waals surface area contributed by atoms with Gasteiger partial charge in [0.05, 0.1) is 0 Å². The van der Waals surface area contributed by atoms with Gasteiger partial charge in [0.1, 0.15) is 0 Å². The van der Waals surface area contributed by atoms with Gasteiger partial charge in [-0.05, 0) is 0 Å². The van der Waals surface area contributed by atoms with Gasteiger partial charge in [0.25, 0.3) is 0 Å². The molecule has 0 saturated carbocycles. The Morgan fingerprint density at radius 1 is 0.706 bits per heavy atom. The number of likely N-dealkylation sites (N-methyl/N-ethyl adjacent to an activating group) is 2. The van der Waals surface area contributed by atoms with E-state index in [4.69, 9.17) is 6.15 Å². The zero-order valence-electron chi connectivity index (χ0n) is 11.9. The van der Waals surface area contributed by atoms with Crippen LogP contribution in [0.25, 0.3) is 0 Å². The zero-order chi connectivity index (χ0) is 12.9. The molecule has 102 valence electrons. The monoisotopic (exact) mass is 352 g/mol. The first kappa shape index (κ1) is 17.6. The van der Waals surface area contributed by atoms with Crippen molar-refractivity contribution in [3.63, 3.8) is 0 Å². The number of nitrogens with zero attached hydrogens (tertiary/aromatic N) is 2. The zero-order valence-corrected chi connectivity index (χ0v) is 14.7. The van der Waals surface area contributed by atoms with E-state index in [-0.39, 0.29) is 0 Å². The third kappa shape index (κ3) is 10.3. The Morgan fingerprint density at radius 2 is 1.06 bits per heavy atom. The van der Waals surface area contributed by atoms with Crippen molar-refractivity contribution in [1.82, 2.24) is 9.80 Å². The van der Waals surface area contributed by atoms with Crippen molar-refractivity contribution in [1.29, 1.82) is 0 Å². The molecular formula is C12H28N2O2Sn. The van der Waals surface area contributed by atoms with E-state index < -0.39 is 22.0 Å². The van der Waals surface area contributed by atoms with Crippen LogP contribution in [0.15, 0.2) is 0 Å². The standard InChI is InChI=1S/2C6H14NO.Sn/c2*1-3-7(4-2)5-6-8;/h2*3-6H2,1-2H3;/q2*-1;+2. The second-order valence-corrected chi connectivity index (χ2v) is 5.96. The van der Waals surface area contributed by atoms with Gasteiger partial charge in [-0.2, -0.15) is 0 Å². The van der Waals surface area contributed by atoms with Gasteiger partial charge in [0.15, 0.2) is 0 Å². The molecular weight excluding hydrogens is 323 g/mol. The summed E-state index contributed by atoms with van der Waals surface area (Å²) >= 11 is -1.02. The third-order valence-electron chi connectivity index (χ3n) is 2.93. The predicted molar refractivity (Wildman–Crippen MR) is 73.2 cm³/mol. The molecule has 0 spiro atoms. The summed E-state index contributed by atoms with van der Waals surface area (Å²) < 4.78 is 11.2. The average molecular weight is 351 g/mol. The molecule has 0 atom stereocenters. The van der Waals surface area contributed by atoms with Crippen molar-refractivity contribution >= 4 is 22.0 Å². The SMILES string of the molecule is CCN(CC)CC[O][Sn][O]CCN(CC)CC. The Balaban J connectivity index is 3.23. The van der Waals surface area contributed by atoms with E-state index in [0.717, 1.165) is 52.5 Å². The molecule has 0 N–H and O–H groups in total. The van der Waals surface area contributed by atoms with Crippen LogP contribution < -0.4 is 0 Å². The van der Waals surface area contributed by atoms with Crippen molar-refractivity contribution in [3.8, 4) is 0 Å². The Bertz CT molecular complexity index is 137. The molecule has 0 unspecified atom stereocenters. The van der Waals surface area contributed by atoms with Gasteiger partial charge in [0, 0.05) is 0 Å². The molecule has 0 heterocycles. The molecule has 0 aromatic carbocycles. The van der Waals surface area contributed by atoms with Crippen LogP contribution in [0, 0.1) is 0 Å². The van der Waals surface area contributed by atoms with E-state index in [1.165, 1.54) is 0 Å². The Labute approximate surface area is 118 Å². The molecule has 0 aromatic rings. The summed E-state index contributed by atoms with van der Waals surface area (Å²) in [7, 11) is 0. The summed E-state index contributed by atoms with van der Waals surface area (Å²) in [6, 6.07) is 0. The molecule has 0 bridgehead atoms. The maximum atomic E-state index is 5.60. The number of hydrogen-bond acceptors (Lipinski definition) is 4. The summed E-state index contributed by atoms with van der Waals surface area (Å²) in [4.78, 5) is 4.74. The van der Waals surface area contributed by atoms with Crippen LogP contribution in [0.2, 0.25) is 0 Å². The predicted octanol–water partition coefficient (Wildman–Crippen LogP) is 1.24. The van der Waals surface area contributed by atoms with E-state index in [9.17, 15) is 0 Å². The van der Waals surface area contributed by atoms with E-state index >= 15 is 0 Å². The van der Waals surface area contributed by atoms with Crippen molar-refractivity contribution in [2.75, 3.05) is 52.5 Å². The van der Waals surface area contributed by atoms with Crippen LogP contribution in [-0.2, 0) is 6.15 Å². The molecule has 5 heteroatoms. The molecule has 0 saturated heterocycles. The van der Waals surface area contributed by atoms with E-state index in [1.54, 1.807) is 0 Å². The van der Waals surface area contributed by atoms with E-state index in [0.29, 0.717) is 0 Å². The molecule has 17 heavy (non-hydrogen) atoms. The summed E-state index contributed by atoms with van der Waals surface area (Å²) in [5.74, 6) is 0. The first-order valence-electron chi connectivity index (χ1n) is 6.71. The molecule has 0 aromatic heterocycles. The Hall–Kier alpha value is 0.639.